The molecule has 0 aliphatic carbocycles. The molecule has 156 valence electrons. The number of nitrogens with one attached hydrogen (secondary N) is 1. The molecule has 0 amide bonds. The monoisotopic (exact) mass is 447 g/mol. The van der Waals surface area contributed by atoms with E-state index in [9.17, 15) is 18.0 Å². The standard InChI is InChI=1S/C18H17N5O5S2/c24-16-5-2-13(20-21-16)14-3-6-17(29-14)30(27,28)23-9-7-22(8-10-23)15-4-1-12(11-19-15)18(25)26/h1-6,11H,7-10H2,(H,21,24)(H,25,26). The highest BCUT2D eigenvalue weighted by molar-refractivity contribution is 7.91. The van der Waals surface area contributed by atoms with E-state index in [0.29, 0.717) is 29.5 Å². The second-order valence-corrected chi connectivity index (χ2v) is 9.78. The molecule has 0 radical (unpaired) electrons. The number of anilines is 1. The van der Waals surface area contributed by atoms with Crippen LogP contribution in [0.25, 0.3) is 10.6 Å². The molecule has 12 heteroatoms. The summed E-state index contributed by atoms with van der Waals surface area (Å²) in [5, 5.41) is 15.2. The molecule has 4 rings (SSSR count). The zero-order valence-electron chi connectivity index (χ0n) is 15.6. The van der Waals surface area contributed by atoms with Gasteiger partial charge in [0.15, 0.2) is 0 Å². The smallest absolute Gasteiger partial charge is 0.337 e. The predicted molar refractivity (Wildman–Crippen MR) is 110 cm³/mol. The summed E-state index contributed by atoms with van der Waals surface area (Å²) in [6.45, 7) is 1.46. The van der Waals surface area contributed by atoms with Crippen LogP contribution in [0.1, 0.15) is 10.4 Å². The van der Waals surface area contributed by atoms with E-state index in [1.54, 1.807) is 24.3 Å². The molecular formula is C18H17N5O5S2. The number of piperazine rings is 1. The van der Waals surface area contributed by atoms with Crippen molar-refractivity contribution in [3.8, 4) is 10.6 Å². The van der Waals surface area contributed by atoms with Crippen LogP contribution in [0, 0.1) is 0 Å². The van der Waals surface area contributed by atoms with Gasteiger partial charge in [-0.05, 0) is 30.3 Å². The van der Waals surface area contributed by atoms with E-state index in [-0.39, 0.29) is 28.4 Å². The van der Waals surface area contributed by atoms with Gasteiger partial charge in [0.1, 0.15) is 15.7 Å². The van der Waals surface area contributed by atoms with E-state index < -0.39 is 16.0 Å². The summed E-state index contributed by atoms with van der Waals surface area (Å²) >= 11 is 1.10. The number of aromatic carboxylic acids is 1. The first kappa shape index (κ1) is 20.2. The number of hydrogen-bond donors (Lipinski definition) is 2. The molecule has 3 aromatic heterocycles. The minimum atomic E-state index is -3.65. The maximum absolute atomic E-state index is 13.0. The molecule has 10 nitrogen and oxygen atoms in total. The van der Waals surface area contributed by atoms with Crippen molar-refractivity contribution >= 4 is 33.1 Å². The lowest BCUT2D eigenvalue weighted by molar-refractivity contribution is 0.0696. The maximum atomic E-state index is 13.0. The predicted octanol–water partition coefficient (Wildman–Crippen LogP) is 1.10. The van der Waals surface area contributed by atoms with Crippen molar-refractivity contribution in [3.63, 3.8) is 0 Å². The molecule has 1 aliphatic rings. The van der Waals surface area contributed by atoms with Crippen molar-refractivity contribution in [2.45, 2.75) is 4.21 Å². The number of aromatic amines is 1. The van der Waals surface area contributed by atoms with Gasteiger partial charge in [0, 0.05) is 38.4 Å². The summed E-state index contributed by atoms with van der Waals surface area (Å²) in [4.78, 5) is 28.8. The summed E-state index contributed by atoms with van der Waals surface area (Å²) in [6.07, 6.45) is 1.29. The van der Waals surface area contributed by atoms with E-state index in [4.69, 9.17) is 5.11 Å². The van der Waals surface area contributed by atoms with E-state index in [1.807, 2.05) is 4.90 Å². The van der Waals surface area contributed by atoms with Gasteiger partial charge in [-0.25, -0.2) is 23.3 Å². The number of pyridine rings is 1. The summed E-state index contributed by atoms with van der Waals surface area (Å²) < 4.78 is 27.6. The van der Waals surface area contributed by atoms with Gasteiger partial charge >= 0.3 is 5.97 Å². The average molecular weight is 447 g/mol. The Balaban J connectivity index is 1.45. The van der Waals surface area contributed by atoms with Crippen molar-refractivity contribution < 1.29 is 18.3 Å². The normalized spacial score (nSPS) is 15.3. The number of carboxylic acid groups (broad SMARTS) is 1. The van der Waals surface area contributed by atoms with Crippen LogP contribution in [0.15, 0.2) is 51.6 Å². The highest BCUT2D eigenvalue weighted by Gasteiger charge is 2.30. The van der Waals surface area contributed by atoms with Crippen LogP contribution in [0.3, 0.4) is 0 Å². The van der Waals surface area contributed by atoms with Crippen LogP contribution in [0.2, 0.25) is 0 Å². The molecule has 1 aliphatic heterocycles. The molecule has 1 saturated heterocycles. The van der Waals surface area contributed by atoms with Gasteiger partial charge in [0.25, 0.3) is 15.6 Å². The summed E-state index contributed by atoms with van der Waals surface area (Å²) in [5.41, 5.74) is 0.278. The number of carbonyl (C=O) groups is 1. The van der Waals surface area contributed by atoms with Crippen LogP contribution in [0.5, 0.6) is 0 Å². The molecule has 1 fully saturated rings. The highest BCUT2D eigenvalue weighted by atomic mass is 32.2. The zero-order chi connectivity index (χ0) is 21.3. The first-order chi connectivity index (χ1) is 14.3. The number of hydrogen-bond acceptors (Lipinski definition) is 8. The van der Waals surface area contributed by atoms with Crippen LogP contribution in [-0.4, -0.2) is 65.2 Å². The van der Waals surface area contributed by atoms with Gasteiger partial charge in [-0.2, -0.15) is 9.40 Å². The fourth-order valence-electron chi connectivity index (χ4n) is 3.06. The SMILES string of the molecule is O=C(O)c1ccc(N2CCN(S(=O)(=O)c3ccc(-c4ccc(=O)[nH]n4)s3)CC2)nc1. The summed E-state index contributed by atoms with van der Waals surface area (Å²) in [6, 6.07) is 9.19. The molecule has 3 aromatic rings. The number of thiophene rings is 1. The third kappa shape index (κ3) is 3.97. The average Bonchev–Trinajstić information content (AvgIpc) is 3.26. The van der Waals surface area contributed by atoms with E-state index >= 15 is 0 Å². The van der Waals surface area contributed by atoms with Crippen LogP contribution < -0.4 is 10.5 Å². The molecule has 4 heterocycles. The largest absolute Gasteiger partial charge is 0.478 e. The quantitative estimate of drug-likeness (QED) is 0.593. The Bertz CT molecular complexity index is 1210. The maximum Gasteiger partial charge on any atom is 0.337 e. The second kappa shape index (κ2) is 7.97. The minimum Gasteiger partial charge on any atom is -0.478 e. The third-order valence-electron chi connectivity index (χ3n) is 4.66. The number of H-pyrrole nitrogens is 1. The zero-order valence-corrected chi connectivity index (χ0v) is 17.2. The number of carboxylic acids is 1. The number of rotatable bonds is 5. The molecule has 0 unspecified atom stereocenters. The Morgan fingerprint density at radius 1 is 1.07 bits per heavy atom. The summed E-state index contributed by atoms with van der Waals surface area (Å²) in [5.74, 6) is -0.433. The molecule has 0 spiro atoms. The molecule has 0 bridgehead atoms. The van der Waals surface area contributed by atoms with Crippen molar-refractivity contribution in [1.29, 1.82) is 0 Å². The Morgan fingerprint density at radius 2 is 1.83 bits per heavy atom. The molecular weight excluding hydrogens is 430 g/mol. The molecule has 2 N–H and O–H groups in total. The highest BCUT2D eigenvalue weighted by Crippen LogP contribution is 2.31. The van der Waals surface area contributed by atoms with Crippen molar-refractivity contribution in [1.82, 2.24) is 19.5 Å². The third-order valence-corrected chi connectivity index (χ3v) is 8.14. The van der Waals surface area contributed by atoms with Crippen LogP contribution >= 0.6 is 11.3 Å². The Morgan fingerprint density at radius 3 is 2.43 bits per heavy atom. The molecule has 0 saturated carbocycles. The van der Waals surface area contributed by atoms with Gasteiger partial charge < -0.3 is 10.0 Å². The lowest BCUT2D eigenvalue weighted by Crippen LogP contribution is -2.48. The Labute approximate surface area is 175 Å². The Kier molecular flexibility index (Phi) is 5.37. The van der Waals surface area contributed by atoms with Crippen molar-refractivity contribution in [2.24, 2.45) is 0 Å². The van der Waals surface area contributed by atoms with Gasteiger partial charge in [-0.1, -0.05) is 0 Å². The first-order valence-electron chi connectivity index (χ1n) is 8.95. The van der Waals surface area contributed by atoms with Crippen molar-refractivity contribution in [2.75, 3.05) is 31.1 Å². The number of aromatic nitrogens is 3. The van der Waals surface area contributed by atoms with Crippen molar-refractivity contribution in [3.05, 3.63) is 58.5 Å². The van der Waals surface area contributed by atoms with E-state index in [0.717, 1.165) is 11.3 Å². The van der Waals surface area contributed by atoms with Gasteiger partial charge in [-0.15, -0.1) is 11.3 Å². The number of nitrogens with zero attached hydrogens (tertiary/aromatic N) is 4. The topological polar surface area (TPSA) is 137 Å². The fourth-order valence-corrected chi connectivity index (χ4v) is 5.92. The number of sulfonamides is 1. The van der Waals surface area contributed by atoms with E-state index in [2.05, 4.69) is 15.2 Å². The summed E-state index contributed by atoms with van der Waals surface area (Å²) in [7, 11) is -3.65. The molecule has 30 heavy (non-hydrogen) atoms. The second-order valence-electron chi connectivity index (χ2n) is 6.53. The molecule has 0 aromatic carbocycles. The van der Waals surface area contributed by atoms with Gasteiger partial charge in [-0.3, -0.25) is 4.79 Å². The van der Waals surface area contributed by atoms with Crippen LogP contribution in [-0.2, 0) is 10.0 Å². The Hall–Kier alpha value is -3.09. The van der Waals surface area contributed by atoms with Crippen LogP contribution in [0.4, 0.5) is 5.82 Å². The van der Waals surface area contributed by atoms with E-state index in [1.165, 1.54) is 22.6 Å². The first-order valence-corrected chi connectivity index (χ1v) is 11.2. The lowest BCUT2D eigenvalue weighted by Gasteiger charge is -2.34. The lowest BCUT2D eigenvalue weighted by atomic mass is 10.2. The van der Waals surface area contributed by atoms with Gasteiger partial charge in [0.2, 0.25) is 0 Å². The fraction of sp³-hybridized carbons (Fsp3) is 0.222. The van der Waals surface area contributed by atoms with Gasteiger partial charge in [0.05, 0.1) is 10.4 Å². The molecule has 0 atom stereocenters. The minimum absolute atomic E-state index is 0.102.